The van der Waals surface area contributed by atoms with Gasteiger partial charge in [-0.3, -0.25) is 0 Å². The predicted octanol–water partition coefficient (Wildman–Crippen LogP) is 0.699. The third kappa shape index (κ3) is 1.25. The zero-order valence-corrected chi connectivity index (χ0v) is 5.00. The molecule has 0 aromatic carbocycles. The van der Waals surface area contributed by atoms with E-state index >= 15 is 0 Å². The molecule has 52 valence electrons. The smallest absolute Gasteiger partial charge is 0.106 e. The normalized spacial score (nSPS) is 25.1. The fraction of sp³-hybridized carbons (Fsp3) is 1.00. The Balaban J connectivity index is 2.32. The second kappa shape index (κ2) is 2.04. The van der Waals surface area contributed by atoms with Crippen LogP contribution in [0.5, 0.6) is 0 Å². The van der Waals surface area contributed by atoms with E-state index in [-0.39, 0.29) is 6.54 Å². The summed E-state index contributed by atoms with van der Waals surface area (Å²) in [6.45, 7) is -0.135. The van der Waals surface area contributed by atoms with Crippen molar-refractivity contribution in [2.75, 3.05) is 6.54 Å². The monoisotopic (exact) mass is 129 g/mol. The van der Waals surface area contributed by atoms with Crippen LogP contribution in [0.15, 0.2) is 5.18 Å². The summed E-state index contributed by atoms with van der Waals surface area (Å²) < 4.78 is 0. The molecule has 0 amide bonds. The number of nitrogens with zero attached hydrogens (tertiary/aromatic N) is 1. The Morgan fingerprint density at radius 3 is 2.67 bits per heavy atom. The summed E-state index contributed by atoms with van der Waals surface area (Å²) in [5, 5.41) is 11.5. The lowest BCUT2D eigenvalue weighted by atomic mass is 10.1. The van der Waals surface area contributed by atoms with E-state index in [2.05, 4.69) is 5.18 Å². The molecule has 0 aromatic rings. The zero-order chi connectivity index (χ0) is 6.91. The van der Waals surface area contributed by atoms with E-state index in [1.54, 1.807) is 0 Å². The minimum absolute atomic E-state index is 0.135. The number of nitroso groups, excluding NO2 is 1. The predicted molar refractivity (Wildman–Crippen MR) is 33.0 cm³/mol. The molecule has 0 heterocycles. The Morgan fingerprint density at radius 1 is 1.78 bits per heavy atom. The van der Waals surface area contributed by atoms with Gasteiger partial charge in [0.05, 0.1) is 6.10 Å². The number of hydrogen-bond donors (Lipinski definition) is 1. The van der Waals surface area contributed by atoms with Gasteiger partial charge in [-0.2, -0.15) is 4.91 Å². The largest absolute Gasteiger partial charge is 0.670 e. The van der Waals surface area contributed by atoms with E-state index in [9.17, 15) is 4.91 Å². The molecular weight excluding hydrogens is 120 g/mol. The van der Waals surface area contributed by atoms with Crippen molar-refractivity contribution in [3.05, 3.63) is 10.6 Å². The maximum Gasteiger partial charge on any atom is 0.106 e. The van der Waals surface area contributed by atoms with Crippen LogP contribution in [0.2, 0.25) is 0 Å². The summed E-state index contributed by atoms with van der Waals surface area (Å²) in [5.74, 6) is 0. The van der Waals surface area contributed by atoms with Gasteiger partial charge in [0.2, 0.25) is 0 Å². The average Bonchev–Trinajstić information content (AvgIpc) is 2.50. The number of nitrogens with one attached hydrogen (secondary N) is 1. The first-order valence-electron chi connectivity index (χ1n) is 2.91. The van der Waals surface area contributed by atoms with E-state index in [4.69, 9.17) is 10.8 Å². The van der Waals surface area contributed by atoms with Crippen molar-refractivity contribution in [3.63, 3.8) is 0 Å². The van der Waals surface area contributed by atoms with Crippen LogP contribution in [0.1, 0.15) is 12.8 Å². The number of hydrogen-bond acceptors (Lipinski definition) is 3. The lowest BCUT2D eigenvalue weighted by Crippen LogP contribution is -2.26. The van der Waals surface area contributed by atoms with Gasteiger partial charge in [-0.05, 0) is 0 Å². The third-order valence-corrected chi connectivity index (χ3v) is 1.67. The lowest BCUT2D eigenvalue weighted by Gasteiger charge is -2.22. The molecule has 0 aromatic heterocycles. The fourth-order valence-electron chi connectivity index (χ4n) is 0.713. The van der Waals surface area contributed by atoms with Gasteiger partial charge in [0, 0.05) is 0 Å². The second-order valence-corrected chi connectivity index (χ2v) is 2.48. The second-order valence-electron chi connectivity index (χ2n) is 2.48. The summed E-state index contributed by atoms with van der Waals surface area (Å²) in [7, 11) is 0. The summed E-state index contributed by atoms with van der Waals surface area (Å²) >= 11 is 0. The lowest BCUT2D eigenvalue weighted by molar-refractivity contribution is 0.158. The Bertz CT molecular complexity index is 122. The van der Waals surface area contributed by atoms with Crippen LogP contribution in [-0.2, 0) is 0 Å². The first-order valence-corrected chi connectivity index (χ1v) is 2.91. The number of rotatable bonds is 3. The molecule has 4 heteroatoms. The molecule has 2 N–H and O–H groups in total. The zero-order valence-electron chi connectivity index (χ0n) is 5.00. The standard InChI is InChI=1S/C5H9N2O2/c6-5(1-2-5)4(8)3-7-9/h4,6,8H,1-3H2/q-1. The minimum Gasteiger partial charge on any atom is -0.670 e. The Morgan fingerprint density at radius 2 is 2.33 bits per heavy atom. The topological polar surface area (TPSA) is 73.5 Å². The highest BCUT2D eigenvalue weighted by atomic mass is 16.3. The molecule has 9 heavy (non-hydrogen) atoms. The summed E-state index contributed by atoms with van der Waals surface area (Å²) in [5.41, 5.74) is 6.58. The van der Waals surface area contributed by atoms with Crippen molar-refractivity contribution in [2.24, 2.45) is 5.18 Å². The van der Waals surface area contributed by atoms with Crippen LogP contribution in [-0.4, -0.2) is 23.3 Å². The molecule has 0 saturated heterocycles. The highest BCUT2D eigenvalue weighted by Gasteiger charge is 2.36. The molecule has 1 unspecified atom stereocenters. The Labute approximate surface area is 53.0 Å². The van der Waals surface area contributed by atoms with E-state index in [0.29, 0.717) is 12.8 Å². The van der Waals surface area contributed by atoms with Gasteiger partial charge in [0.15, 0.2) is 0 Å². The van der Waals surface area contributed by atoms with E-state index in [0.717, 1.165) is 0 Å². The molecule has 1 rings (SSSR count). The molecule has 1 atom stereocenters. The molecule has 1 fully saturated rings. The maximum atomic E-state index is 9.60. The molecular formula is C5H9N2O2-. The van der Waals surface area contributed by atoms with E-state index in [1.807, 2.05) is 0 Å². The highest BCUT2D eigenvalue weighted by Crippen LogP contribution is 2.41. The average molecular weight is 129 g/mol. The van der Waals surface area contributed by atoms with Crippen molar-refractivity contribution in [1.82, 2.24) is 0 Å². The molecule has 1 aliphatic rings. The van der Waals surface area contributed by atoms with E-state index in [1.165, 1.54) is 0 Å². The molecule has 4 nitrogen and oxygen atoms in total. The molecule has 1 saturated carbocycles. The number of aliphatic hydroxyl groups is 1. The van der Waals surface area contributed by atoms with Crippen molar-refractivity contribution in [1.29, 1.82) is 0 Å². The Hall–Kier alpha value is -0.480. The van der Waals surface area contributed by atoms with Crippen molar-refractivity contribution >= 4 is 0 Å². The van der Waals surface area contributed by atoms with Gasteiger partial charge in [0.25, 0.3) is 0 Å². The first kappa shape index (κ1) is 6.64. The van der Waals surface area contributed by atoms with Crippen LogP contribution in [0.3, 0.4) is 0 Å². The minimum atomic E-state index is -0.838. The van der Waals surface area contributed by atoms with Crippen molar-refractivity contribution in [3.8, 4) is 0 Å². The van der Waals surface area contributed by atoms with Gasteiger partial charge < -0.3 is 10.8 Å². The molecule has 0 aliphatic heterocycles. The quantitative estimate of drug-likeness (QED) is 0.569. The van der Waals surface area contributed by atoms with E-state index < -0.39 is 11.6 Å². The van der Waals surface area contributed by atoms with Gasteiger partial charge in [0.1, 0.15) is 6.54 Å². The third-order valence-electron chi connectivity index (χ3n) is 1.67. The maximum absolute atomic E-state index is 9.60. The van der Waals surface area contributed by atoms with Gasteiger partial charge >= 0.3 is 0 Å². The van der Waals surface area contributed by atoms with Gasteiger partial charge in [-0.15, -0.1) is 0 Å². The van der Waals surface area contributed by atoms with Crippen LogP contribution in [0.25, 0.3) is 5.73 Å². The molecule has 0 spiro atoms. The summed E-state index contributed by atoms with van der Waals surface area (Å²) in [6.07, 6.45) is 0.558. The Kier molecular flexibility index (Phi) is 1.50. The SMILES string of the molecule is [NH-]C1(C(O)CN=O)CC1. The first-order chi connectivity index (χ1) is 4.19. The molecule has 0 radical (unpaired) electrons. The fourth-order valence-corrected chi connectivity index (χ4v) is 0.713. The van der Waals surface area contributed by atoms with Crippen LogP contribution in [0, 0.1) is 4.91 Å². The number of aliphatic hydroxyl groups excluding tert-OH is 1. The molecule has 0 bridgehead atoms. The van der Waals surface area contributed by atoms with Crippen molar-refractivity contribution < 1.29 is 5.11 Å². The van der Waals surface area contributed by atoms with Crippen LogP contribution < -0.4 is 0 Å². The summed E-state index contributed by atoms with van der Waals surface area (Å²) in [6, 6.07) is 0. The van der Waals surface area contributed by atoms with Crippen LogP contribution >= 0.6 is 0 Å². The van der Waals surface area contributed by atoms with Gasteiger partial charge in [-0.25, -0.2) is 0 Å². The van der Waals surface area contributed by atoms with Crippen molar-refractivity contribution in [2.45, 2.75) is 24.5 Å². The highest BCUT2D eigenvalue weighted by molar-refractivity contribution is 5.13. The molecule has 1 aliphatic carbocycles. The summed E-state index contributed by atoms with van der Waals surface area (Å²) in [4.78, 5) is 9.60. The van der Waals surface area contributed by atoms with Gasteiger partial charge in [-0.1, -0.05) is 23.6 Å². The van der Waals surface area contributed by atoms with Crippen LogP contribution in [0.4, 0.5) is 0 Å².